The third kappa shape index (κ3) is 1.72. The van der Waals surface area contributed by atoms with Crippen LogP contribution in [0.25, 0.3) is 10.9 Å². The number of ether oxygens (including phenoxy) is 1. The second kappa shape index (κ2) is 4.65. The molecule has 0 saturated carbocycles. The zero-order valence-corrected chi connectivity index (χ0v) is 12.2. The van der Waals surface area contributed by atoms with Crippen molar-refractivity contribution in [3.8, 4) is 0 Å². The molecule has 0 radical (unpaired) electrons. The minimum absolute atomic E-state index is 0.267. The molecular formula is C14H15BrN2O2. The maximum Gasteiger partial charge on any atom is 0.333 e. The van der Waals surface area contributed by atoms with Gasteiger partial charge in [-0.1, -0.05) is 34.1 Å². The Kier molecular flexibility index (Phi) is 3.11. The molecule has 0 fully saturated rings. The van der Waals surface area contributed by atoms with E-state index in [1.807, 2.05) is 18.2 Å². The molecule has 3 rings (SSSR count). The normalized spacial score (nSPS) is 22.2. The number of benzene rings is 1. The molecule has 1 aromatic carbocycles. The number of halogens is 1. The molecule has 4 nitrogen and oxygen atoms in total. The highest BCUT2D eigenvalue weighted by Crippen LogP contribution is 2.35. The number of carbonyl (C=O) groups excluding carboxylic acids is 1. The lowest BCUT2D eigenvalue weighted by atomic mass is 9.88. The summed E-state index contributed by atoms with van der Waals surface area (Å²) in [4.78, 5) is 15.6. The van der Waals surface area contributed by atoms with Crippen molar-refractivity contribution >= 4 is 32.8 Å². The summed E-state index contributed by atoms with van der Waals surface area (Å²) < 4.78 is 4.99. The van der Waals surface area contributed by atoms with E-state index in [9.17, 15) is 4.79 Å². The van der Waals surface area contributed by atoms with Crippen LogP contribution in [0.5, 0.6) is 0 Å². The second-order valence-electron chi connectivity index (χ2n) is 4.73. The number of H-pyrrole nitrogens is 1. The Hall–Kier alpha value is -1.33. The number of esters is 1. The summed E-state index contributed by atoms with van der Waals surface area (Å²) in [7, 11) is 1.42. The third-order valence-electron chi connectivity index (χ3n) is 3.78. The lowest BCUT2D eigenvalue weighted by Crippen LogP contribution is -2.55. The standard InChI is InChI=1S/C14H15BrN2O2/c1-19-13(18)14(8-15)12-10(6-7-16-14)9-4-2-3-5-11(9)17-12/h2-5,16-17H,6-8H2,1H3. The SMILES string of the molecule is COC(=O)C1(CBr)NCCc2c1[nH]c1ccccc21. The van der Waals surface area contributed by atoms with Gasteiger partial charge in [-0.05, 0) is 18.1 Å². The summed E-state index contributed by atoms with van der Waals surface area (Å²) in [6.07, 6.45) is 0.908. The predicted molar refractivity (Wildman–Crippen MR) is 77.5 cm³/mol. The largest absolute Gasteiger partial charge is 0.467 e. The van der Waals surface area contributed by atoms with Gasteiger partial charge in [0.1, 0.15) is 0 Å². The summed E-state index contributed by atoms with van der Waals surface area (Å²) in [6.45, 7) is 0.759. The maximum atomic E-state index is 12.2. The number of methoxy groups -OCH3 is 1. The van der Waals surface area contributed by atoms with Gasteiger partial charge in [0.15, 0.2) is 5.54 Å². The number of aromatic amines is 1. The van der Waals surface area contributed by atoms with E-state index in [2.05, 4.69) is 32.3 Å². The molecule has 2 heterocycles. The van der Waals surface area contributed by atoms with Crippen molar-refractivity contribution in [2.45, 2.75) is 12.0 Å². The molecule has 0 bridgehead atoms. The van der Waals surface area contributed by atoms with E-state index >= 15 is 0 Å². The molecule has 1 aliphatic rings. The van der Waals surface area contributed by atoms with Crippen LogP contribution in [0, 0.1) is 0 Å². The number of aromatic nitrogens is 1. The van der Waals surface area contributed by atoms with Crippen LogP contribution in [0.1, 0.15) is 11.3 Å². The molecule has 1 atom stereocenters. The number of rotatable bonds is 2. The zero-order valence-electron chi connectivity index (χ0n) is 10.6. The molecular weight excluding hydrogens is 308 g/mol. The van der Waals surface area contributed by atoms with Crippen molar-refractivity contribution in [2.24, 2.45) is 0 Å². The molecule has 0 saturated heterocycles. The number of nitrogens with one attached hydrogen (secondary N) is 2. The van der Waals surface area contributed by atoms with Crippen molar-refractivity contribution in [1.82, 2.24) is 10.3 Å². The van der Waals surface area contributed by atoms with E-state index in [1.54, 1.807) is 0 Å². The van der Waals surface area contributed by atoms with Crippen molar-refractivity contribution in [1.29, 1.82) is 0 Å². The Balaban J connectivity index is 2.26. The van der Waals surface area contributed by atoms with Crippen LogP contribution in [0.15, 0.2) is 24.3 Å². The minimum atomic E-state index is -0.818. The van der Waals surface area contributed by atoms with Crippen molar-refractivity contribution in [3.05, 3.63) is 35.5 Å². The van der Waals surface area contributed by atoms with Crippen LogP contribution in [-0.4, -0.2) is 29.9 Å². The third-order valence-corrected chi connectivity index (χ3v) is 4.62. The summed E-state index contributed by atoms with van der Waals surface area (Å²) in [5.41, 5.74) is 2.37. The fourth-order valence-corrected chi connectivity index (χ4v) is 3.54. The van der Waals surface area contributed by atoms with E-state index in [-0.39, 0.29) is 5.97 Å². The first-order valence-electron chi connectivity index (χ1n) is 6.22. The van der Waals surface area contributed by atoms with Gasteiger partial charge in [-0.15, -0.1) is 0 Å². The second-order valence-corrected chi connectivity index (χ2v) is 5.29. The fraction of sp³-hybridized carbons (Fsp3) is 0.357. The summed E-state index contributed by atoms with van der Waals surface area (Å²) in [6, 6.07) is 8.13. The van der Waals surface area contributed by atoms with Crippen LogP contribution in [0.2, 0.25) is 0 Å². The first-order chi connectivity index (χ1) is 9.23. The van der Waals surface area contributed by atoms with E-state index in [0.29, 0.717) is 5.33 Å². The van der Waals surface area contributed by atoms with E-state index in [4.69, 9.17) is 4.74 Å². The number of para-hydroxylation sites is 1. The average Bonchev–Trinajstić information content (AvgIpc) is 2.85. The minimum Gasteiger partial charge on any atom is -0.467 e. The molecule has 100 valence electrons. The number of alkyl halides is 1. The number of carbonyl (C=O) groups is 1. The summed E-state index contributed by atoms with van der Waals surface area (Å²) in [5.74, 6) is -0.267. The molecule has 1 aliphatic heterocycles. The highest BCUT2D eigenvalue weighted by atomic mass is 79.9. The van der Waals surface area contributed by atoms with Gasteiger partial charge in [0, 0.05) is 22.8 Å². The lowest BCUT2D eigenvalue weighted by Gasteiger charge is -2.34. The summed E-state index contributed by atoms with van der Waals surface area (Å²) in [5, 5.41) is 4.96. The molecule has 1 aromatic heterocycles. The average molecular weight is 323 g/mol. The van der Waals surface area contributed by atoms with Gasteiger partial charge in [0.2, 0.25) is 0 Å². The Morgan fingerprint density at radius 1 is 1.47 bits per heavy atom. The van der Waals surface area contributed by atoms with Gasteiger partial charge >= 0.3 is 5.97 Å². The number of hydrogen-bond acceptors (Lipinski definition) is 3. The molecule has 19 heavy (non-hydrogen) atoms. The Morgan fingerprint density at radius 2 is 2.26 bits per heavy atom. The molecule has 0 amide bonds. The highest BCUT2D eigenvalue weighted by Gasteiger charge is 2.45. The van der Waals surface area contributed by atoms with Gasteiger partial charge in [-0.25, -0.2) is 4.79 Å². The van der Waals surface area contributed by atoms with Crippen LogP contribution in [-0.2, 0) is 21.5 Å². The van der Waals surface area contributed by atoms with Gasteiger partial charge in [-0.3, -0.25) is 5.32 Å². The topological polar surface area (TPSA) is 54.1 Å². The van der Waals surface area contributed by atoms with Crippen molar-refractivity contribution in [2.75, 3.05) is 19.0 Å². The number of hydrogen-bond donors (Lipinski definition) is 2. The zero-order chi connectivity index (χ0) is 13.5. The molecule has 5 heteroatoms. The van der Waals surface area contributed by atoms with Gasteiger partial charge in [-0.2, -0.15) is 0 Å². The van der Waals surface area contributed by atoms with E-state index in [1.165, 1.54) is 18.1 Å². The van der Waals surface area contributed by atoms with Crippen LogP contribution >= 0.6 is 15.9 Å². The molecule has 0 spiro atoms. The van der Waals surface area contributed by atoms with Gasteiger partial charge in [0.05, 0.1) is 12.8 Å². The van der Waals surface area contributed by atoms with Crippen LogP contribution in [0.4, 0.5) is 0 Å². The van der Waals surface area contributed by atoms with Gasteiger partial charge in [0.25, 0.3) is 0 Å². The van der Waals surface area contributed by atoms with E-state index in [0.717, 1.165) is 24.2 Å². The quantitative estimate of drug-likeness (QED) is 0.657. The Morgan fingerprint density at radius 3 is 3.00 bits per heavy atom. The number of fused-ring (bicyclic) bond motifs is 3. The van der Waals surface area contributed by atoms with E-state index < -0.39 is 5.54 Å². The lowest BCUT2D eigenvalue weighted by molar-refractivity contribution is -0.148. The Labute approximate surface area is 119 Å². The van der Waals surface area contributed by atoms with Crippen molar-refractivity contribution in [3.63, 3.8) is 0 Å². The first-order valence-corrected chi connectivity index (χ1v) is 7.34. The Bertz CT molecular complexity index is 637. The van der Waals surface area contributed by atoms with Crippen LogP contribution < -0.4 is 5.32 Å². The van der Waals surface area contributed by atoms with Crippen molar-refractivity contribution < 1.29 is 9.53 Å². The first kappa shape index (κ1) is 12.7. The summed E-state index contributed by atoms with van der Waals surface area (Å²) >= 11 is 3.45. The predicted octanol–water partition coefficient (Wildman–Crippen LogP) is 2.08. The molecule has 2 N–H and O–H groups in total. The van der Waals surface area contributed by atoms with Crippen LogP contribution in [0.3, 0.4) is 0 Å². The smallest absolute Gasteiger partial charge is 0.333 e. The molecule has 2 aromatic rings. The molecule has 0 aliphatic carbocycles. The maximum absolute atomic E-state index is 12.2. The fourth-order valence-electron chi connectivity index (χ4n) is 2.83. The molecule has 1 unspecified atom stereocenters. The van der Waals surface area contributed by atoms with Gasteiger partial charge < -0.3 is 9.72 Å². The monoisotopic (exact) mass is 322 g/mol. The highest BCUT2D eigenvalue weighted by molar-refractivity contribution is 9.09.